The molecule has 0 fully saturated rings. The maximum Gasteiger partial charge on any atom is 0.247 e. The lowest BCUT2D eigenvalue weighted by Crippen LogP contribution is -2.27. The van der Waals surface area contributed by atoms with Crippen molar-refractivity contribution >= 4 is 34.8 Å². The van der Waals surface area contributed by atoms with Crippen molar-refractivity contribution in [3.8, 4) is 0 Å². The van der Waals surface area contributed by atoms with Gasteiger partial charge >= 0.3 is 0 Å². The SMILES string of the molecule is Cl.NC(C(=O)Nc1nc2c(s1)COCC2)c1ccccc1. The molecule has 1 aromatic heterocycles. The Balaban J connectivity index is 0.00000161. The molecule has 1 aliphatic heterocycles. The molecule has 1 unspecified atom stereocenters. The van der Waals surface area contributed by atoms with Gasteiger partial charge in [0.25, 0.3) is 0 Å². The van der Waals surface area contributed by atoms with Crippen LogP contribution >= 0.6 is 23.7 Å². The van der Waals surface area contributed by atoms with Crippen molar-refractivity contribution in [1.29, 1.82) is 0 Å². The van der Waals surface area contributed by atoms with Gasteiger partial charge in [-0.1, -0.05) is 41.7 Å². The van der Waals surface area contributed by atoms with E-state index < -0.39 is 6.04 Å². The Kier molecular flexibility index (Phi) is 5.30. The Morgan fingerprint density at radius 3 is 2.86 bits per heavy atom. The van der Waals surface area contributed by atoms with Gasteiger partial charge in [0.15, 0.2) is 5.13 Å². The molecular weight excluding hydrogens is 310 g/mol. The Bertz CT molecular complexity index is 594. The van der Waals surface area contributed by atoms with Crippen LogP contribution in [0.2, 0.25) is 0 Å². The van der Waals surface area contributed by atoms with Crippen molar-refractivity contribution in [2.24, 2.45) is 5.73 Å². The fourth-order valence-corrected chi connectivity index (χ4v) is 3.02. The van der Waals surface area contributed by atoms with E-state index in [0.29, 0.717) is 18.3 Å². The van der Waals surface area contributed by atoms with Gasteiger partial charge < -0.3 is 15.8 Å². The van der Waals surface area contributed by atoms with Crippen LogP contribution in [0.3, 0.4) is 0 Å². The molecule has 0 saturated heterocycles. The second-order valence-electron chi connectivity index (χ2n) is 4.57. The average molecular weight is 326 g/mol. The monoisotopic (exact) mass is 325 g/mol. The molecule has 0 spiro atoms. The standard InChI is InChI=1S/C14H15N3O2S.ClH/c15-12(9-4-2-1-3-5-9)13(18)17-14-16-10-6-7-19-8-11(10)20-14;/h1-5,12H,6-8,15H2,(H,16,17,18);1H. The highest BCUT2D eigenvalue weighted by Gasteiger charge is 2.20. The van der Waals surface area contributed by atoms with E-state index in [0.717, 1.165) is 22.6 Å². The molecule has 2 heterocycles. The molecule has 0 bridgehead atoms. The number of halogens is 1. The van der Waals surface area contributed by atoms with Crippen LogP contribution in [0.25, 0.3) is 0 Å². The summed E-state index contributed by atoms with van der Waals surface area (Å²) in [6.45, 7) is 1.27. The molecule has 7 heteroatoms. The highest BCUT2D eigenvalue weighted by Crippen LogP contribution is 2.27. The first kappa shape index (κ1) is 15.9. The summed E-state index contributed by atoms with van der Waals surface area (Å²) in [7, 11) is 0. The predicted molar refractivity (Wildman–Crippen MR) is 84.7 cm³/mol. The van der Waals surface area contributed by atoms with Crippen molar-refractivity contribution in [2.75, 3.05) is 11.9 Å². The van der Waals surface area contributed by atoms with E-state index in [1.165, 1.54) is 11.3 Å². The molecule has 1 aliphatic rings. The number of rotatable bonds is 3. The lowest BCUT2D eigenvalue weighted by Gasteiger charge is -2.10. The van der Waals surface area contributed by atoms with Gasteiger partial charge in [0.2, 0.25) is 5.91 Å². The van der Waals surface area contributed by atoms with Crippen LogP contribution in [0, 0.1) is 0 Å². The van der Waals surface area contributed by atoms with Crippen LogP contribution in [-0.2, 0) is 22.6 Å². The average Bonchev–Trinajstić information content (AvgIpc) is 2.89. The van der Waals surface area contributed by atoms with Crippen molar-refractivity contribution in [2.45, 2.75) is 19.1 Å². The number of nitrogens with zero attached hydrogens (tertiary/aromatic N) is 1. The molecular formula is C14H16ClN3O2S. The number of hydrogen-bond donors (Lipinski definition) is 2. The van der Waals surface area contributed by atoms with Crippen molar-refractivity contribution in [3.05, 3.63) is 46.5 Å². The van der Waals surface area contributed by atoms with Crippen molar-refractivity contribution < 1.29 is 9.53 Å². The number of nitrogens with two attached hydrogens (primary N) is 1. The quantitative estimate of drug-likeness (QED) is 0.907. The number of nitrogens with one attached hydrogen (secondary N) is 1. The summed E-state index contributed by atoms with van der Waals surface area (Å²) in [5.41, 5.74) is 7.75. The maximum atomic E-state index is 12.1. The number of hydrogen-bond acceptors (Lipinski definition) is 5. The molecule has 0 radical (unpaired) electrons. The molecule has 0 aliphatic carbocycles. The molecule has 112 valence electrons. The molecule has 5 nitrogen and oxygen atoms in total. The van der Waals surface area contributed by atoms with Crippen LogP contribution < -0.4 is 11.1 Å². The van der Waals surface area contributed by atoms with Gasteiger partial charge in [0, 0.05) is 6.42 Å². The number of aromatic nitrogens is 1. The zero-order valence-corrected chi connectivity index (χ0v) is 12.9. The molecule has 21 heavy (non-hydrogen) atoms. The van der Waals surface area contributed by atoms with Crippen LogP contribution in [0.5, 0.6) is 0 Å². The summed E-state index contributed by atoms with van der Waals surface area (Å²) in [5.74, 6) is -0.247. The maximum absolute atomic E-state index is 12.1. The number of benzene rings is 1. The number of ether oxygens (including phenoxy) is 1. The lowest BCUT2D eigenvalue weighted by molar-refractivity contribution is -0.117. The number of carbonyl (C=O) groups excluding carboxylic acids is 1. The summed E-state index contributed by atoms with van der Waals surface area (Å²) in [6, 6.07) is 8.61. The third-order valence-corrected chi connectivity index (χ3v) is 4.15. The Labute approximate surface area is 132 Å². The van der Waals surface area contributed by atoms with Crippen LogP contribution in [0.1, 0.15) is 22.2 Å². The van der Waals surface area contributed by atoms with E-state index in [-0.39, 0.29) is 18.3 Å². The molecule has 1 atom stereocenters. The topological polar surface area (TPSA) is 77.2 Å². The summed E-state index contributed by atoms with van der Waals surface area (Å²) >= 11 is 1.45. The van der Waals surface area contributed by atoms with Gasteiger partial charge in [-0.15, -0.1) is 12.4 Å². The fraction of sp³-hybridized carbons (Fsp3) is 0.286. The van der Waals surface area contributed by atoms with Crippen LogP contribution in [-0.4, -0.2) is 17.5 Å². The minimum atomic E-state index is -0.687. The van der Waals surface area contributed by atoms with Gasteiger partial charge in [0.1, 0.15) is 6.04 Å². The fourth-order valence-electron chi connectivity index (χ4n) is 2.07. The van der Waals surface area contributed by atoms with Gasteiger partial charge in [-0.3, -0.25) is 4.79 Å². The van der Waals surface area contributed by atoms with E-state index >= 15 is 0 Å². The first-order valence-electron chi connectivity index (χ1n) is 6.42. The van der Waals surface area contributed by atoms with Gasteiger partial charge in [0.05, 0.1) is 23.8 Å². The van der Waals surface area contributed by atoms with Gasteiger partial charge in [-0.2, -0.15) is 0 Å². The normalized spacial score (nSPS) is 14.7. The number of anilines is 1. The van der Waals surface area contributed by atoms with Crippen molar-refractivity contribution in [3.63, 3.8) is 0 Å². The first-order valence-corrected chi connectivity index (χ1v) is 7.23. The lowest BCUT2D eigenvalue weighted by atomic mass is 10.1. The third-order valence-electron chi connectivity index (χ3n) is 3.17. The molecule has 1 amide bonds. The largest absolute Gasteiger partial charge is 0.375 e. The van der Waals surface area contributed by atoms with E-state index in [4.69, 9.17) is 10.5 Å². The smallest absolute Gasteiger partial charge is 0.247 e. The summed E-state index contributed by atoms with van der Waals surface area (Å²) < 4.78 is 5.36. The molecule has 2 aromatic rings. The minimum Gasteiger partial charge on any atom is -0.375 e. The Morgan fingerprint density at radius 2 is 2.14 bits per heavy atom. The van der Waals surface area contributed by atoms with E-state index in [1.54, 1.807) is 0 Å². The second kappa shape index (κ2) is 7.00. The van der Waals surface area contributed by atoms with E-state index in [9.17, 15) is 4.79 Å². The molecule has 1 aromatic carbocycles. The highest BCUT2D eigenvalue weighted by molar-refractivity contribution is 7.15. The second-order valence-corrected chi connectivity index (χ2v) is 5.65. The van der Waals surface area contributed by atoms with E-state index in [1.807, 2.05) is 30.3 Å². The number of thiazole rings is 1. The zero-order valence-electron chi connectivity index (χ0n) is 11.2. The number of carbonyl (C=O) groups is 1. The summed E-state index contributed by atoms with van der Waals surface area (Å²) in [6.07, 6.45) is 0.798. The summed E-state index contributed by atoms with van der Waals surface area (Å²) in [4.78, 5) is 17.6. The number of fused-ring (bicyclic) bond motifs is 1. The van der Waals surface area contributed by atoms with Crippen LogP contribution in [0.4, 0.5) is 5.13 Å². The van der Waals surface area contributed by atoms with Gasteiger partial charge in [-0.25, -0.2) is 4.98 Å². The Morgan fingerprint density at radius 1 is 1.38 bits per heavy atom. The zero-order chi connectivity index (χ0) is 13.9. The minimum absolute atomic E-state index is 0. The van der Waals surface area contributed by atoms with Gasteiger partial charge in [-0.05, 0) is 5.56 Å². The molecule has 0 saturated carbocycles. The van der Waals surface area contributed by atoms with Crippen molar-refractivity contribution in [1.82, 2.24) is 4.98 Å². The predicted octanol–water partition coefficient (Wildman–Crippen LogP) is 2.28. The number of amides is 1. The molecule has 3 N–H and O–H groups in total. The molecule has 3 rings (SSSR count). The highest BCUT2D eigenvalue weighted by atomic mass is 35.5. The van der Waals surface area contributed by atoms with Crippen LogP contribution in [0.15, 0.2) is 30.3 Å². The van der Waals surface area contributed by atoms with E-state index in [2.05, 4.69) is 10.3 Å². The Hall–Kier alpha value is -1.47. The summed E-state index contributed by atoms with van der Waals surface area (Å²) in [5, 5.41) is 3.38. The third kappa shape index (κ3) is 3.59. The first-order chi connectivity index (χ1) is 9.74.